The Morgan fingerprint density at radius 3 is 2.67 bits per heavy atom. The van der Waals surface area contributed by atoms with Crippen molar-refractivity contribution in [1.82, 2.24) is 0 Å². The van der Waals surface area contributed by atoms with E-state index in [0.29, 0.717) is 16.0 Å². The molecular weight excluding hydrogens is 306 g/mol. The number of hydrogen-bond acceptors (Lipinski definition) is 3. The molecule has 0 aromatic heterocycles. The van der Waals surface area contributed by atoms with Gasteiger partial charge in [-0.05, 0) is 43.4 Å². The van der Waals surface area contributed by atoms with Crippen LogP contribution in [0.1, 0.15) is 45.4 Å². The van der Waals surface area contributed by atoms with Gasteiger partial charge in [-0.3, -0.25) is 0 Å². The van der Waals surface area contributed by atoms with Crippen molar-refractivity contribution in [3.63, 3.8) is 0 Å². The second-order valence-electron chi connectivity index (χ2n) is 6.04. The molecular formula is C16H24ClNO2S. The minimum Gasteiger partial charge on any atom is -0.381 e. The van der Waals surface area contributed by atoms with E-state index in [1.807, 2.05) is 0 Å². The summed E-state index contributed by atoms with van der Waals surface area (Å²) in [6.07, 6.45) is 8.46. The van der Waals surface area contributed by atoms with Gasteiger partial charge in [0.1, 0.15) is 0 Å². The highest BCUT2D eigenvalue weighted by Gasteiger charge is 2.19. The van der Waals surface area contributed by atoms with Crippen LogP contribution < -0.4 is 5.32 Å². The number of nitrogens with one attached hydrogen (secondary N) is 1. The van der Waals surface area contributed by atoms with Crippen molar-refractivity contribution >= 4 is 27.1 Å². The molecule has 1 aliphatic carbocycles. The van der Waals surface area contributed by atoms with E-state index < -0.39 is 9.84 Å². The molecule has 0 heterocycles. The topological polar surface area (TPSA) is 46.2 Å². The Kier molecular flexibility index (Phi) is 5.55. The first kappa shape index (κ1) is 16.6. The van der Waals surface area contributed by atoms with E-state index in [1.165, 1.54) is 31.9 Å². The lowest BCUT2D eigenvalue weighted by Gasteiger charge is -2.19. The summed E-state index contributed by atoms with van der Waals surface area (Å²) < 4.78 is 23.3. The van der Waals surface area contributed by atoms with Gasteiger partial charge in [-0.25, -0.2) is 8.42 Å². The lowest BCUT2D eigenvalue weighted by Crippen LogP contribution is -2.19. The molecule has 1 aliphatic rings. The van der Waals surface area contributed by atoms with Crippen LogP contribution in [0.4, 0.5) is 5.69 Å². The van der Waals surface area contributed by atoms with Gasteiger partial charge >= 0.3 is 0 Å². The van der Waals surface area contributed by atoms with Crippen LogP contribution in [0.15, 0.2) is 23.1 Å². The summed E-state index contributed by atoms with van der Waals surface area (Å²) in [5.41, 5.74) is 0.736. The number of rotatable bonds is 4. The van der Waals surface area contributed by atoms with Gasteiger partial charge < -0.3 is 5.32 Å². The zero-order valence-corrected chi connectivity index (χ0v) is 14.3. The van der Waals surface area contributed by atoms with E-state index in [-0.39, 0.29) is 0 Å². The van der Waals surface area contributed by atoms with E-state index in [9.17, 15) is 8.42 Å². The molecule has 3 nitrogen and oxygen atoms in total. The molecule has 1 fully saturated rings. The predicted octanol–water partition coefficient (Wildman–Crippen LogP) is 4.51. The molecule has 2 unspecified atom stereocenters. The Morgan fingerprint density at radius 1 is 1.24 bits per heavy atom. The largest absolute Gasteiger partial charge is 0.381 e. The van der Waals surface area contributed by atoms with Crippen molar-refractivity contribution < 1.29 is 8.42 Å². The number of sulfone groups is 1. The molecule has 0 aliphatic heterocycles. The summed E-state index contributed by atoms with van der Waals surface area (Å²) in [6.45, 7) is 2.25. The van der Waals surface area contributed by atoms with E-state index in [4.69, 9.17) is 11.6 Å². The van der Waals surface area contributed by atoms with Gasteiger partial charge in [0.25, 0.3) is 0 Å². The molecule has 1 N–H and O–H groups in total. The minimum absolute atomic E-state index is 0.314. The second kappa shape index (κ2) is 7.01. The highest BCUT2D eigenvalue weighted by Crippen LogP contribution is 2.30. The number of anilines is 1. The molecule has 0 amide bonds. The van der Waals surface area contributed by atoms with Gasteiger partial charge in [0, 0.05) is 12.3 Å². The smallest absolute Gasteiger partial charge is 0.175 e. The quantitative estimate of drug-likeness (QED) is 0.826. The molecule has 1 aromatic rings. The number of hydrogen-bond donors (Lipinski definition) is 1. The molecule has 1 aromatic carbocycles. The van der Waals surface area contributed by atoms with Crippen molar-refractivity contribution in [2.24, 2.45) is 5.92 Å². The third kappa shape index (κ3) is 4.62. The van der Waals surface area contributed by atoms with Gasteiger partial charge in [0.2, 0.25) is 0 Å². The van der Waals surface area contributed by atoms with Crippen molar-refractivity contribution in [3.8, 4) is 0 Å². The predicted molar refractivity (Wildman–Crippen MR) is 88.8 cm³/mol. The summed E-state index contributed by atoms with van der Waals surface area (Å²) >= 11 is 6.20. The van der Waals surface area contributed by atoms with Crippen LogP contribution in [-0.2, 0) is 9.84 Å². The normalized spacial score (nSPS) is 23.6. The maximum atomic E-state index is 11.7. The van der Waals surface area contributed by atoms with Gasteiger partial charge in [-0.2, -0.15) is 0 Å². The van der Waals surface area contributed by atoms with E-state index in [2.05, 4.69) is 12.2 Å². The fourth-order valence-electron chi connectivity index (χ4n) is 3.00. The summed E-state index contributed by atoms with van der Waals surface area (Å²) in [7, 11) is -3.20. The van der Waals surface area contributed by atoms with Gasteiger partial charge in [-0.15, -0.1) is 0 Å². The van der Waals surface area contributed by atoms with Crippen molar-refractivity contribution in [1.29, 1.82) is 0 Å². The summed E-state index contributed by atoms with van der Waals surface area (Å²) in [6, 6.07) is 5.25. The summed E-state index contributed by atoms with van der Waals surface area (Å²) in [5.74, 6) is 0.828. The standard InChI is InChI=1S/C16H24ClNO2S/c1-3-12-5-4-6-13(8-7-12)18-16-11-14(21(2,19)20)9-10-15(16)17/h9-13,18H,3-8H2,1-2H3. The van der Waals surface area contributed by atoms with Crippen LogP contribution in [0.3, 0.4) is 0 Å². The molecule has 5 heteroatoms. The van der Waals surface area contributed by atoms with E-state index >= 15 is 0 Å². The monoisotopic (exact) mass is 329 g/mol. The average molecular weight is 330 g/mol. The molecule has 118 valence electrons. The first-order chi connectivity index (χ1) is 9.90. The Hall–Kier alpha value is -0.740. The van der Waals surface area contributed by atoms with Gasteiger partial charge in [0.15, 0.2) is 9.84 Å². The second-order valence-corrected chi connectivity index (χ2v) is 8.46. The highest BCUT2D eigenvalue weighted by molar-refractivity contribution is 7.90. The van der Waals surface area contributed by atoms with Crippen LogP contribution in [0.2, 0.25) is 5.02 Å². The zero-order valence-electron chi connectivity index (χ0n) is 12.7. The third-order valence-corrected chi connectivity index (χ3v) is 5.83. The maximum absolute atomic E-state index is 11.7. The van der Waals surface area contributed by atoms with E-state index in [1.54, 1.807) is 18.2 Å². The molecule has 1 saturated carbocycles. The maximum Gasteiger partial charge on any atom is 0.175 e. The molecule has 0 saturated heterocycles. The Balaban J connectivity index is 2.12. The lowest BCUT2D eigenvalue weighted by atomic mass is 9.98. The Labute approximate surface area is 133 Å². The summed E-state index contributed by atoms with van der Waals surface area (Å²) in [5, 5.41) is 4.03. The lowest BCUT2D eigenvalue weighted by molar-refractivity contribution is 0.444. The molecule has 21 heavy (non-hydrogen) atoms. The Morgan fingerprint density at radius 2 is 2.00 bits per heavy atom. The average Bonchev–Trinajstić information content (AvgIpc) is 2.65. The fraction of sp³-hybridized carbons (Fsp3) is 0.625. The zero-order chi connectivity index (χ0) is 15.5. The molecule has 2 atom stereocenters. The van der Waals surface area contributed by atoms with Crippen LogP contribution >= 0.6 is 11.6 Å². The van der Waals surface area contributed by atoms with Crippen LogP contribution in [0.25, 0.3) is 0 Å². The molecule has 0 bridgehead atoms. The minimum atomic E-state index is -3.20. The Bertz CT molecular complexity index is 586. The highest BCUT2D eigenvalue weighted by atomic mass is 35.5. The number of halogens is 1. The van der Waals surface area contributed by atoms with Crippen LogP contribution in [-0.4, -0.2) is 20.7 Å². The first-order valence-electron chi connectivity index (χ1n) is 7.66. The van der Waals surface area contributed by atoms with Crippen LogP contribution in [0, 0.1) is 5.92 Å². The van der Waals surface area contributed by atoms with Gasteiger partial charge in [-0.1, -0.05) is 37.8 Å². The number of benzene rings is 1. The fourth-order valence-corrected chi connectivity index (χ4v) is 3.82. The van der Waals surface area contributed by atoms with Crippen molar-refractivity contribution in [3.05, 3.63) is 23.2 Å². The third-order valence-electron chi connectivity index (χ3n) is 4.39. The molecule has 0 spiro atoms. The van der Waals surface area contributed by atoms with Gasteiger partial charge in [0.05, 0.1) is 15.6 Å². The first-order valence-corrected chi connectivity index (χ1v) is 9.93. The molecule has 2 rings (SSSR count). The van der Waals surface area contributed by atoms with Crippen LogP contribution in [0.5, 0.6) is 0 Å². The summed E-state index contributed by atoms with van der Waals surface area (Å²) in [4.78, 5) is 0.314. The van der Waals surface area contributed by atoms with E-state index in [0.717, 1.165) is 24.4 Å². The molecule has 0 radical (unpaired) electrons. The van der Waals surface area contributed by atoms with Crippen molar-refractivity contribution in [2.75, 3.05) is 11.6 Å². The van der Waals surface area contributed by atoms with Crippen molar-refractivity contribution in [2.45, 2.75) is 56.4 Å². The SMILES string of the molecule is CCC1CCCC(Nc2cc(S(C)(=O)=O)ccc2Cl)CC1.